The zero-order valence-electron chi connectivity index (χ0n) is 9.73. The molecule has 0 saturated carbocycles. The first kappa shape index (κ1) is 12.8. The molecule has 0 spiro atoms. The molecule has 6 nitrogen and oxygen atoms in total. The topological polar surface area (TPSA) is 84.7 Å². The fourth-order valence-corrected chi connectivity index (χ4v) is 1.73. The van der Waals surface area contributed by atoms with Crippen LogP contribution in [0, 0.1) is 0 Å². The number of hydrogen-bond donors (Lipinski definition) is 2. The summed E-state index contributed by atoms with van der Waals surface area (Å²) in [7, 11) is 1.32. The number of nitrogens with zero attached hydrogens (tertiary/aromatic N) is 1. The van der Waals surface area contributed by atoms with Crippen LogP contribution in [0.4, 0.5) is 4.79 Å². The smallest absolute Gasteiger partial charge is 0.407 e. The number of carbonyl (C=O) groups excluding carboxylic acids is 2. The number of ether oxygens (including phenoxy) is 1. The van der Waals surface area contributed by atoms with Gasteiger partial charge in [-0.15, -0.1) is 0 Å². The van der Waals surface area contributed by atoms with Crippen molar-refractivity contribution in [2.75, 3.05) is 20.2 Å². The van der Waals surface area contributed by atoms with E-state index in [0.717, 1.165) is 6.42 Å². The average molecular weight is 229 g/mol. The highest BCUT2D eigenvalue weighted by Gasteiger charge is 2.27. The van der Waals surface area contributed by atoms with Gasteiger partial charge in [0.2, 0.25) is 5.91 Å². The lowest BCUT2D eigenvalue weighted by molar-refractivity contribution is -0.130. The van der Waals surface area contributed by atoms with Crippen LogP contribution in [-0.2, 0) is 9.53 Å². The lowest BCUT2D eigenvalue weighted by Gasteiger charge is -2.17. The Hall–Kier alpha value is -1.30. The number of nitrogens with two attached hydrogens (primary N) is 1. The molecule has 2 atom stereocenters. The summed E-state index contributed by atoms with van der Waals surface area (Å²) in [5.41, 5.74) is 5.56. The van der Waals surface area contributed by atoms with Crippen molar-refractivity contribution in [1.82, 2.24) is 10.2 Å². The highest BCUT2D eigenvalue weighted by molar-refractivity contribution is 5.77. The Morgan fingerprint density at radius 1 is 1.62 bits per heavy atom. The summed E-state index contributed by atoms with van der Waals surface area (Å²) in [6.45, 7) is 3.01. The summed E-state index contributed by atoms with van der Waals surface area (Å²) >= 11 is 0. The minimum Gasteiger partial charge on any atom is -0.453 e. The van der Waals surface area contributed by atoms with Gasteiger partial charge in [0, 0.05) is 25.6 Å². The molecule has 92 valence electrons. The molecule has 1 aliphatic rings. The van der Waals surface area contributed by atoms with Gasteiger partial charge in [-0.2, -0.15) is 0 Å². The van der Waals surface area contributed by atoms with Crippen LogP contribution in [0.15, 0.2) is 0 Å². The van der Waals surface area contributed by atoms with Crippen molar-refractivity contribution in [1.29, 1.82) is 0 Å². The third-order valence-electron chi connectivity index (χ3n) is 2.54. The average Bonchev–Trinajstić information content (AvgIpc) is 2.65. The molecule has 3 N–H and O–H groups in total. The van der Waals surface area contributed by atoms with Crippen molar-refractivity contribution in [2.45, 2.75) is 31.8 Å². The zero-order valence-corrected chi connectivity index (χ0v) is 9.73. The standard InChI is InChI=1S/C10H19N3O3/c1-7(11)5-9(14)13-4-3-8(6-13)12-10(15)16-2/h7-8H,3-6,11H2,1-2H3,(H,12,15). The van der Waals surface area contributed by atoms with E-state index in [1.54, 1.807) is 11.8 Å². The third kappa shape index (κ3) is 3.69. The molecule has 16 heavy (non-hydrogen) atoms. The Labute approximate surface area is 95.1 Å². The summed E-state index contributed by atoms with van der Waals surface area (Å²) in [5.74, 6) is 0.0455. The molecule has 0 aromatic rings. The second-order valence-corrected chi connectivity index (χ2v) is 4.14. The maximum absolute atomic E-state index is 11.7. The number of carbonyl (C=O) groups is 2. The van der Waals surface area contributed by atoms with Crippen LogP contribution in [0.5, 0.6) is 0 Å². The third-order valence-corrected chi connectivity index (χ3v) is 2.54. The largest absolute Gasteiger partial charge is 0.453 e. The van der Waals surface area contributed by atoms with Crippen LogP contribution in [0.3, 0.4) is 0 Å². The molecule has 0 aromatic heterocycles. The molecule has 1 saturated heterocycles. The van der Waals surface area contributed by atoms with E-state index in [2.05, 4.69) is 10.1 Å². The van der Waals surface area contributed by atoms with Gasteiger partial charge in [0.05, 0.1) is 13.2 Å². The Morgan fingerprint density at radius 3 is 2.88 bits per heavy atom. The van der Waals surface area contributed by atoms with Crippen LogP contribution in [0.2, 0.25) is 0 Å². The van der Waals surface area contributed by atoms with Gasteiger partial charge in [-0.1, -0.05) is 0 Å². The second kappa shape index (κ2) is 5.69. The Morgan fingerprint density at radius 2 is 2.31 bits per heavy atom. The van der Waals surface area contributed by atoms with Gasteiger partial charge in [-0.3, -0.25) is 4.79 Å². The first-order valence-electron chi connectivity index (χ1n) is 5.40. The van der Waals surface area contributed by atoms with Gasteiger partial charge in [0.25, 0.3) is 0 Å². The van der Waals surface area contributed by atoms with Gasteiger partial charge < -0.3 is 20.7 Å². The number of alkyl carbamates (subject to hydrolysis) is 1. The van der Waals surface area contributed by atoms with Crippen LogP contribution < -0.4 is 11.1 Å². The van der Waals surface area contributed by atoms with E-state index in [1.807, 2.05) is 0 Å². The van der Waals surface area contributed by atoms with E-state index in [1.165, 1.54) is 7.11 Å². The molecule has 6 heteroatoms. The molecule has 0 aromatic carbocycles. The van der Waals surface area contributed by atoms with Crippen LogP contribution in [0.25, 0.3) is 0 Å². The molecule has 0 aliphatic carbocycles. The minimum atomic E-state index is -0.452. The SMILES string of the molecule is COC(=O)NC1CCN(C(=O)CC(C)N)C1. The summed E-state index contributed by atoms with van der Waals surface area (Å²) in [4.78, 5) is 24.4. The quantitative estimate of drug-likeness (QED) is 0.694. The Balaban J connectivity index is 2.34. The molecule has 1 heterocycles. The van der Waals surface area contributed by atoms with Gasteiger partial charge in [-0.05, 0) is 13.3 Å². The fourth-order valence-electron chi connectivity index (χ4n) is 1.73. The number of nitrogens with one attached hydrogen (secondary N) is 1. The first-order chi connectivity index (χ1) is 7.52. The van der Waals surface area contributed by atoms with Crippen molar-refractivity contribution in [3.8, 4) is 0 Å². The van der Waals surface area contributed by atoms with Gasteiger partial charge in [-0.25, -0.2) is 4.79 Å². The zero-order chi connectivity index (χ0) is 12.1. The molecule has 1 fully saturated rings. The predicted octanol–water partition coefficient (Wildman–Crippen LogP) is -0.319. The van der Waals surface area contributed by atoms with Crippen molar-refractivity contribution in [3.05, 3.63) is 0 Å². The van der Waals surface area contributed by atoms with Crippen molar-refractivity contribution in [2.24, 2.45) is 5.73 Å². The summed E-state index contributed by atoms with van der Waals surface area (Å²) in [5, 5.41) is 2.68. The number of hydrogen-bond acceptors (Lipinski definition) is 4. The molecule has 2 amide bonds. The summed E-state index contributed by atoms with van der Waals surface area (Å²) in [6, 6.07) is -0.135. The molecular formula is C10H19N3O3. The second-order valence-electron chi connectivity index (χ2n) is 4.14. The van der Waals surface area contributed by atoms with E-state index in [9.17, 15) is 9.59 Å². The maximum Gasteiger partial charge on any atom is 0.407 e. The number of methoxy groups -OCH3 is 1. The molecule has 1 aliphatic heterocycles. The van der Waals surface area contributed by atoms with E-state index in [0.29, 0.717) is 19.5 Å². The predicted molar refractivity (Wildman–Crippen MR) is 58.8 cm³/mol. The number of likely N-dealkylation sites (tertiary alicyclic amines) is 1. The van der Waals surface area contributed by atoms with Gasteiger partial charge in [0.1, 0.15) is 0 Å². The van der Waals surface area contributed by atoms with Crippen LogP contribution in [0.1, 0.15) is 19.8 Å². The molecular weight excluding hydrogens is 210 g/mol. The first-order valence-corrected chi connectivity index (χ1v) is 5.40. The highest BCUT2D eigenvalue weighted by Crippen LogP contribution is 2.11. The van der Waals surface area contributed by atoms with E-state index in [4.69, 9.17) is 5.73 Å². The minimum absolute atomic E-state index is 0.00974. The summed E-state index contributed by atoms with van der Waals surface area (Å²) in [6.07, 6.45) is 0.663. The van der Waals surface area contributed by atoms with Crippen LogP contribution in [-0.4, -0.2) is 49.2 Å². The van der Waals surface area contributed by atoms with Crippen molar-refractivity contribution < 1.29 is 14.3 Å². The molecule has 0 radical (unpaired) electrons. The lowest BCUT2D eigenvalue weighted by atomic mass is 10.2. The van der Waals surface area contributed by atoms with Crippen molar-refractivity contribution in [3.63, 3.8) is 0 Å². The molecule has 0 bridgehead atoms. The summed E-state index contributed by atoms with van der Waals surface area (Å²) < 4.78 is 4.50. The number of rotatable bonds is 3. The van der Waals surface area contributed by atoms with Gasteiger partial charge in [0.15, 0.2) is 0 Å². The van der Waals surface area contributed by atoms with E-state index >= 15 is 0 Å². The van der Waals surface area contributed by atoms with E-state index < -0.39 is 6.09 Å². The Kier molecular flexibility index (Phi) is 4.54. The van der Waals surface area contributed by atoms with E-state index in [-0.39, 0.29) is 18.0 Å². The lowest BCUT2D eigenvalue weighted by Crippen LogP contribution is -2.39. The fraction of sp³-hybridized carbons (Fsp3) is 0.800. The van der Waals surface area contributed by atoms with Gasteiger partial charge >= 0.3 is 6.09 Å². The highest BCUT2D eigenvalue weighted by atomic mass is 16.5. The Bertz CT molecular complexity index is 268. The van der Waals surface area contributed by atoms with Crippen LogP contribution >= 0.6 is 0 Å². The normalized spacial score (nSPS) is 21.7. The van der Waals surface area contributed by atoms with Crippen molar-refractivity contribution >= 4 is 12.0 Å². The number of amides is 2. The monoisotopic (exact) mass is 229 g/mol. The molecule has 2 unspecified atom stereocenters. The molecule has 1 rings (SSSR count). The maximum atomic E-state index is 11.7.